The summed E-state index contributed by atoms with van der Waals surface area (Å²) in [6, 6.07) is 13.9. The van der Waals surface area contributed by atoms with E-state index in [4.69, 9.17) is 5.21 Å². The second kappa shape index (κ2) is 8.12. The summed E-state index contributed by atoms with van der Waals surface area (Å²) in [6.07, 6.45) is 4.04. The van der Waals surface area contributed by atoms with E-state index in [0.29, 0.717) is 12.3 Å². The molecule has 3 rings (SSSR count). The fourth-order valence-corrected chi connectivity index (χ4v) is 3.54. The number of hydroxylamine groups is 1. The third-order valence-corrected chi connectivity index (χ3v) is 5.04. The van der Waals surface area contributed by atoms with Crippen molar-refractivity contribution in [3.05, 3.63) is 48.0 Å². The van der Waals surface area contributed by atoms with E-state index >= 15 is 0 Å². The second-order valence-corrected chi connectivity index (χ2v) is 6.72. The summed E-state index contributed by atoms with van der Waals surface area (Å²) in [4.78, 5) is 25.7. The number of hydrogen-bond donors (Lipinski definition) is 2. The first-order valence-electron chi connectivity index (χ1n) is 8.88. The van der Waals surface area contributed by atoms with Crippen LogP contribution in [0.1, 0.15) is 42.5 Å². The smallest absolute Gasteiger partial charge is 0.253 e. The van der Waals surface area contributed by atoms with Crippen molar-refractivity contribution < 1.29 is 14.8 Å². The third kappa shape index (κ3) is 4.37. The Morgan fingerprint density at radius 1 is 1.08 bits per heavy atom. The van der Waals surface area contributed by atoms with E-state index in [1.54, 1.807) is 5.48 Å². The van der Waals surface area contributed by atoms with Crippen LogP contribution in [0.4, 0.5) is 0 Å². The number of rotatable bonds is 5. The Balaban J connectivity index is 1.53. The van der Waals surface area contributed by atoms with E-state index in [-0.39, 0.29) is 11.8 Å². The van der Waals surface area contributed by atoms with E-state index in [0.717, 1.165) is 55.1 Å². The lowest BCUT2D eigenvalue weighted by Gasteiger charge is -2.32. The molecule has 2 aromatic carbocycles. The molecule has 1 aliphatic rings. The van der Waals surface area contributed by atoms with Crippen LogP contribution in [0.2, 0.25) is 0 Å². The van der Waals surface area contributed by atoms with Crippen molar-refractivity contribution in [3.63, 3.8) is 0 Å². The third-order valence-electron chi connectivity index (χ3n) is 5.04. The van der Waals surface area contributed by atoms with E-state index in [1.807, 2.05) is 47.4 Å². The fourth-order valence-electron chi connectivity index (χ4n) is 3.54. The molecule has 5 heteroatoms. The Bertz CT molecular complexity index is 751. The number of nitrogens with zero attached hydrogens (tertiary/aromatic N) is 1. The summed E-state index contributed by atoms with van der Waals surface area (Å²) in [5.74, 6) is 0.319. The normalized spacial score (nSPS) is 15.3. The molecular weight excluding hydrogens is 316 g/mol. The van der Waals surface area contributed by atoms with E-state index in [9.17, 15) is 9.59 Å². The van der Waals surface area contributed by atoms with Crippen molar-refractivity contribution in [1.29, 1.82) is 0 Å². The van der Waals surface area contributed by atoms with Crippen molar-refractivity contribution in [3.8, 4) is 0 Å². The van der Waals surface area contributed by atoms with Gasteiger partial charge in [0.05, 0.1) is 0 Å². The van der Waals surface area contributed by atoms with Gasteiger partial charge in [0.2, 0.25) is 5.91 Å². The van der Waals surface area contributed by atoms with Crippen molar-refractivity contribution in [1.82, 2.24) is 10.4 Å². The highest BCUT2D eigenvalue weighted by Crippen LogP contribution is 2.24. The van der Waals surface area contributed by atoms with Gasteiger partial charge in [-0.3, -0.25) is 14.8 Å². The van der Waals surface area contributed by atoms with Gasteiger partial charge in [0, 0.05) is 25.1 Å². The summed E-state index contributed by atoms with van der Waals surface area (Å²) in [7, 11) is 0. The van der Waals surface area contributed by atoms with Gasteiger partial charge in [-0.2, -0.15) is 0 Å². The molecule has 0 saturated carbocycles. The maximum absolute atomic E-state index is 12.7. The van der Waals surface area contributed by atoms with Crippen molar-refractivity contribution in [2.75, 3.05) is 13.1 Å². The number of benzene rings is 2. The zero-order valence-corrected chi connectivity index (χ0v) is 14.3. The van der Waals surface area contributed by atoms with Crippen LogP contribution in [0.15, 0.2) is 42.5 Å². The molecule has 2 N–H and O–H groups in total. The molecule has 0 bridgehead atoms. The van der Waals surface area contributed by atoms with Crippen LogP contribution in [-0.2, 0) is 4.79 Å². The second-order valence-electron chi connectivity index (χ2n) is 6.72. The highest BCUT2D eigenvalue weighted by molar-refractivity contribution is 5.98. The van der Waals surface area contributed by atoms with E-state index < -0.39 is 0 Å². The first-order valence-corrected chi connectivity index (χ1v) is 8.88. The molecule has 0 aliphatic carbocycles. The van der Waals surface area contributed by atoms with Gasteiger partial charge in [0.25, 0.3) is 5.91 Å². The molecule has 0 atom stereocenters. The highest BCUT2D eigenvalue weighted by atomic mass is 16.5. The van der Waals surface area contributed by atoms with Gasteiger partial charge < -0.3 is 4.90 Å². The fraction of sp³-hybridized carbons (Fsp3) is 0.400. The number of amides is 2. The largest absolute Gasteiger partial charge is 0.339 e. The number of likely N-dealkylation sites (tertiary alicyclic amines) is 1. The number of hydrogen-bond acceptors (Lipinski definition) is 3. The number of nitrogens with one attached hydrogen (secondary N) is 1. The van der Waals surface area contributed by atoms with Crippen LogP contribution < -0.4 is 5.48 Å². The molecule has 5 nitrogen and oxygen atoms in total. The molecule has 1 heterocycles. The zero-order valence-electron chi connectivity index (χ0n) is 14.3. The van der Waals surface area contributed by atoms with Crippen LogP contribution in [0.3, 0.4) is 0 Å². The number of piperidine rings is 1. The Morgan fingerprint density at radius 2 is 1.80 bits per heavy atom. The summed E-state index contributed by atoms with van der Waals surface area (Å²) in [5, 5.41) is 10.7. The Morgan fingerprint density at radius 3 is 2.52 bits per heavy atom. The quantitative estimate of drug-likeness (QED) is 0.648. The summed E-state index contributed by atoms with van der Waals surface area (Å²) in [5.41, 5.74) is 2.41. The Labute approximate surface area is 147 Å². The molecule has 0 unspecified atom stereocenters. The first-order chi connectivity index (χ1) is 12.2. The first kappa shape index (κ1) is 17.4. The minimum Gasteiger partial charge on any atom is -0.339 e. The summed E-state index contributed by atoms with van der Waals surface area (Å²) in [6.45, 7) is 1.53. The van der Waals surface area contributed by atoms with E-state index in [1.165, 1.54) is 0 Å². The maximum atomic E-state index is 12.7. The molecule has 0 spiro atoms. The van der Waals surface area contributed by atoms with Crippen LogP contribution >= 0.6 is 0 Å². The van der Waals surface area contributed by atoms with Crippen LogP contribution in [0.25, 0.3) is 10.8 Å². The molecule has 0 aromatic heterocycles. The molecule has 2 amide bonds. The number of carbonyl (C=O) groups excluding carboxylic acids is 2. The van der Waals surface area contributed by atoms with Gasteiger partial charge in [-0.05, 0) is 54.5 Å². The van der Waals surface area contributed by atoms with Gasteiger partial charge in [-0.1, -0.05) is 30.3 Å². The van der Waals surface area contributed by atoms with Gasteiger partial charge in [-0.15, -0.1) is 0 Å². The zero-order chi connectivity index (χ0) is 17.6. The van der Waals surface area contributed by atoms with E-state index in [2.05, 4.69) is 0 Å². The lowest BCUT2D eigenvalue weighted by atomic mass is 9.91. The molecule has 0 radical (unpaired) electrons. The number of fused-ring (bicyclic) bond motifs is 1. The maximum Gasteiger partial charge on any atom is 0.253 e. The van der Waals surface area contributed by atoms with Crippen molar-refractivity contribution in [2.24, 2.45) is 5.92 Å². The Hall–Kier alpha value is -2.40. The highest BCUT2D eigenvalue weighted by Gasteiger charge is 2.23. The summed E-state index contributed by atoms with van der Waals surface area (Å²) >= 11 is 0. The van der Waals surface area contributed by atoms with Gasteiger partial charge in [-0.25, -0.2) is 5.48 Å². The average molecular weight is 340 g/mol. The molecular formula is C20H24N2O3. The monoisotopic (exact) mass is 340 g/mol. The molecule has 1 saturated heterocycles. The van der Waals surface area contributed by atoms with Gasteiger partial charge in [0.1, 0.15) is 0 Å². The lowest BCUT2D eigenvalue weighted by Crippen LogP contribution is -2.38. The van der Waals surface area contributed by atoms with Gasteiger partial charge >= 0.3 is 0 Å². The summed E-state index contributed by atoms with van der Waals surface area (Å²) < 4.78 is 0. The van der Waals surface area contributed by atoms with Crippen LogP contribution in [-0.4, -0.2) is 35.0 Å². The lowest BCUT2D eigenvalue weighted by molar-refractivity contribution is -0.129. The SMILES string of the molecule is O=C(CCCC1CCN(C(=O)c2ccc3ccccc3c2)CC1)NO. The average Bonchev–Trinajstić information content (AvgIpc) is 2.67. The van der Waals surface area contributed by atoms with Crippen molar-refractivity contribution >= 4 is 22.6 Å². The van der Waals surface area contributed by atoms with Crippen LogP contribution in [0.5, 0.6) is 0 Å². The molecule has 1 aliphatic heterocycles. The molecule has 1 fully saturated rings. The predicted molar refractivity (Wildman–Crippen MR) is 96.4 cm³/mol. The van der Waals surface area contributed by atoms with Crippen LogP contribution in [0, 0.1) is 5.92 Å². The standard InChI is InChI=1S/C20H24N2O3/c23-19(21-25)7-3-4-15-10-12-22(13-11-15)20(24)18-9-8-16-5-1-2-6-17(16)14-18/h1-2,5-6,8-9,14-15,25H,3-4,7,10-13H2,(H,21,23). The minimum absolute atomic E-state index is 0.101. The molecule has 2 aromatic rings. The van der Waals surface area contributed by atoms with Gasteiger partial charge in [0.15, 0.2) is 0 Å². The number of carbonyl (C=O) groups is 2. The Kier molecular flexibility index (Phi) is 5.66. The topological polar surface area (TPSA) is 69.6 Å². The predicted octanol–water partition coefficient (Wildman–Crippen LogP) is 3.37. The van der Waals surface area contributed by atoms with Crippen molar-refractivity contribution in [2.45, 2.75) is 32.1 Å². The minimum atomic E-state index is -0.330. The molecule has 132 valence electrons. The molecule has 25 heavy (non-hydrogen) atoms.